The number of halogens is 1. The molecule has 0 aliphatic heterocycles. The van der Waals surface area contributed by atoms with Crippen LogP contribution in [-0.4, -0.2) is 33.6 Å². The highest BCUT2D eigenvalue weighted by Crippen LogP contribution is 2.43. The molecule has 0 bridgehead atoms. The molecule has 8 heteroatoms. The van der Waals surface area contributed by atoms with Crippen molar-refractivity contribution in [3.8, 4) is 5.75 Å². The van der Waals surface area contributed by atoms with Crippen molar-refractivity contribution in [1.82, 2.24) is 14.8 Å². The van der Waals surface area contributed by atoms with E-state index in [2.05, 4.69) is 16.8 Å². The van der Waals surface area contributed by atoms with E-state index in [1.54, 1.807) is 18.2 Å². The highest BCUT2D eigenvalue weighted by atomic mass is 35.5. The number of carbonyl (C=O) groups is 1. The van der Waals surface area contributed by atoms with Crippen LogP contribution < -0.4 is 4.74 Å². The Bertz CT molecular complexity index is 817. The molecule has 0 radical (unpaired) electrons. The largest absolute Gasteiger partial charge is 0.486 e. The molecule has 0 spiro atoms. The third-order valence-corrected chi connectivity index (χ3v) is 6.45. The van der Waals surface area contributed by atoms with Crippen molar-refractivity contribution in [2.45, 2.75) is 44.0 Å². The van der Waals surface area contributed by atoms with Crippen LogP contribution in [0.15, 0.2) is 42.1 Å². The molecule has 6 nitrogen and oxygen atoms in total. The summed E-state index contributed by atoms with van der Waals surface area (Å²) in [5, 5.41) is 10.0. The zero-order chi connectivity index (χ0) is 20.0. The van der Waals surface area contributed by atoms with E-state index in [1.807, 2.05) is 16.7 Å². The summed E-state index contributed by atoms with van der Waals surface area (Å²) in [6.45, 7) is 4.68. The number of thioether (sulfide) groups is 1. The van der Waals surface area contributed by atoms with E-state index in [0.717, 1.165) is 30.8 Å². The van der Waals surface area contributed by atoms with E-state index in [4.69, 9.17) is 21.1 Å². The summed E-state index contributed by atoms with van der Waals surface area (Å²) < 4.78 is 12.8. The van der Waals surface area contributed by atoms with Gasteiger partial charge in [0.1, 0.15) is 12.4 Å². The van der Waals surface area contributed by atoms with E-state index in [9.17, 15) is 4.79 Å². The van der Waals surface area contributed by atoms with Gasteiger partial charge in [-0.15, -0.1) is 16.8 Å². The quantitative estimate of drug-likeness (QED) is 0.337. The average Bonchev–Trinajstić information content (AvgIpc) is 3.34. The molecule has 1 saturated carbocycles. The predicted molar refractivity (Wildman–Crippen MR) is 110 cm³/mol. The minimum Gasteiger partial charge on any atom is -0.486 e. The molecule has 28 heavy (non-hydrogen) atoms. The first-order valence-corrected chi connectivity index (χ1v) is 10.6. The number of nitrogens with zero attached hydrogens (tertiary/aromatic N) is 3. The lowest BCUT2D eigenvalue weighted by Crippen LogP contribution is -2.32. The molecular formula is C20H24ClN3O3S. The maximum atomic E-state index is 12.3. The number of allylic oxidation sites excluding steroid dienone is 1. The number of esters is 1. The molecule has 1 fully saturated rings. The predicted octanol–water partition coefficient (Wildman–Crippen LogP) is 4.52. The molecule has 0 saturated heterocycles. The molecule has 3 rings (SSSR count). The Balaban J connectivity index is 1.70. The topological polar surface area (TPSA) is 66.2 Å². The van der Waals surface area contributed by atoms with Crippen LogP contribution in [0.3, 0.4) is 0 Å². The van der Waals surface area contributed by atoms with Crippen molar-refractivity contribution >= 4 is 29.3 Å². The first-order valence-electron chi connectivity index (χ1n) is 9.20. The summed E-state index contributed by atoms with van der Waals surface area (Å²) in [7, 11) is 1.46. The SMILES string of the molecule is C=CCn1c(COc2ccc(Cl)cc2)nnc1SCC1(C(=O)OC)CCCC1. The summed E-state index contributed by atoms with van der Waals surface area (Å²) in [5.74, 6) is 1.92. The minimum absolute atomic E-state index is 0.126. The number of carbonyl (C=O) groups excluding carboxylic acids is 1. The minimum atomic E-state index is -0.426. The zero-order valence-electron chi connectivity index (χ0n) is 15.9. The maximum absolute atomic E-state index is 12.3. The van der Waals surface area contributed by atoms with Crippen molar-refractivity contribution in [1.29, 1.82) is 0 Å². The summed E-state index contributed by atoms with van der Waals surface area (Å²) in [5.41, 5.74) is -0.426. The van der Waals surface area contributed by atoms with Crippen LogP contribution in [0.25, 0.3) is 0 Å². The monoisotopic (exact) mass is 421 g/mol. The first-order chi connectivity index (χ1) is 13.6. The molecule has 1 aliphatic rings. The fraction of sp³-hybridized carbons (Fsp3) is 0.450. The number of rotatable bonds is 9. The van der Waals surface area contributed by atoms with Crippen LogP contribution in [-0.2, 0) is 22.7 Å². The normalized spacial score (nSPS) is 15.4. The Labute approximate surface area is 174 Å². The van der Waals surface area contributed by atoms with Gasteiger partial charge in [-0.1, -0.05) is 42.3 Å². The third kappa shape index (κ3) is 4.70. The van der Waals surface area contributed by atoms with E-state index >= 15 is 0 Å². The van der Waals surface area contributed by atoms with E-state index in [-0.39, 0.29) is 12.6 Å². The van der Waals surface area contributed by atoms with Crippen LogP contribution in [0.5, 0.6) is 5.75 Å². The van der Waals surface area contributed by atoms with Crippen LogP contribution in [0.1, 0.15) is 31.5 Å². The number of ether oxygens (including phenoxy) is 2. The Morgan fingerprint density at radius 2 is 2.04 bits per heavy atom. The fourth-order valence-corrected chi connectivity index (χ4v) is 4.77. The van der Waals surface area contributed by atoms with E-state index in [0.29, 0.717) is 28.9 Å². The van der Waals surface area contributed by atoms with Crippen LogP contribution in [0.4, 0.5) is 0 Å². The van der Waals surface area contributed by atoms with E-state index in [1.165, 1.54) is 18.9 Å². The van der Waals surface area contributed by atoms with Gasteiger partial charge in [0.05, 0.1) is 12.5 Å². The van der Waals surface area contributed by atoms with Gasteiger partial charge >= 0.3 is 5.97 Å². The molecule has 0 atom stereocenters. The summed E-state index contributed by atoms with van der Waals surface area (Å²) >= 11 is 7.44. The van der Waals surface area contributed by atoms with Crippen molar-refractivity contribution in [3.05, 3.63) is 47.8 Å². The molecule has 0 amide bonds. The van der Waals surface area contributed by atoms with Gasteiger partial charge in [-0.2, -0.15) is 0 Å². The molecule has 1 heterocycles. The molecule has 0 unspecified atom stereocenters. The second kappa shape index (κ2) is 9.47. The number of aromatic nitrogens is 3. The van der Waals surface area contributed by atoms with Gasteiger partial charge in [-0.3, -0.25) is 9.36 Å². The molecule has 1 aromatic heterocycles. The Hall–Kier alpha value is -1.99. The van der Waals surface area contributed by atoms with Gasteiger partial charge < -0.3 is 9.47 Å². The van der Waals surface area contributed by atoms with Gasteiger partial charge in [0.25, 0.3) is 0 Å². The van der Waals surface area contributed by atoms with Crippen molar-refractivity contribution in [2.24, 2.45) is 5.41 Å². The summed E-state index contributed by atoms with van der Waals surface area (Å²) in [6.07, 6.45) is 5.61. The van der Waals surface area contributed by atoms with Crippen LogP contribution in [0.2, 0.25) is 5.02 Å². The molecular weight excluding hydrogens is 398 g/mol. The van der Waals surface area contributed by atoms with Gasteiger partial charge in [-0.25, -0.2) is 0 Å². The third-order valence-electron chi connectivity index (χ3n) is 4.94. The zero-order valence-corrected chi connectivity index (χ0v) is 17.5. The fourth-order valence-electron chi connectivity index (χ4n) is 3.40. The number of hydrogen-bond donors (Lipinski definition) is 0. The van der Waals surface area contributed by atoms with Crippen LogP contribution in [0, 0.1) is 5.41 Å². The van der Waals surface area contributed by atoms with Gasteiger partial charge in [0.2, 0.25) is 0 Å². The second-order valence-corrected chi connectivity index (χ2v) is 8.19. The summed E-state index contributed by atoms with van der Waals surface area (Å²) in [6, 6.07) is 7.18. The van der Waals surface area contributed by atoms with Crippen molar-refractivity contribution < 1.29 is 14.3 Å². The van der Waals surface area contributed by atoms with Gasteiger partial charge in [0, 0.05) is 17.3 Å². The van der Waals surface area contributed by atoms with Gasteiger partial charge in [0.15, 0.2) is 11.0 Å². The summed E-state index contributed by atoms with van der Waals surface area (Å²) in [4.78, 5) is 12.3. The number of benzene rings is 1. The molecule has 0 N–H and O–H groups in total. The highest BCUT2D eigenvalue weighted by molar-refractivity contribution is 7.99. The molecule has 2 aromatic rings. The Morgan fingerprint density at radius 1 is 1.32 bits per heavy atom. The Kier molecular flexibility index (Phi) is 7.02. The highest BCUT2D eigenvalue weighted by Gasteiger charge is 2.42. The first kappa shape index (κ1) is 20.7. The van der Waals surface area contributed by atoms with Crippen LogP contribution >= 0.6 is 23.4 Å². The van der Waals surface area contributed by atoms with Crippen molar-refractivity contribution in [2.75, 3.05) is 12.9 Å². The van der Waals surface area contributed by atoms with Crippen molar-refractivity contribution in [3.63, 3.8) is 0 Å². The molecule has 1 aromatic carbocycles. The van der Waals surface area contributed by atoms with Gasteiger partial charge in [-0.05, 0) is 37.1 Å². The lowest BCUT2D eigenvalue weighted by atomic mass is 9.89. The molecule has 1 aliphatic carbocycles. The second-order valence-electron chi connectivity index (χ2n) is 6.81. The lowest BCUT2D eigenvalue weighted by Gasteiger charge is -2.24. The van der Waals surface area contributed by atoms with E-state index < -0.39 is 5.41 Å². The lowest BCUT2D eigenvalue weighted by molar-refractivity contribution is -0.151. The standard InChI is InChI=1S/C20H24ClN3O3S/c1-3-12-24-17(13-27-16-8-6-15(21)7-9-16)22-23-19(24)28-14-20(18(25)26-2)10-4-5-11-20/h3,6-9H,1,4-5,10-14H2,2H3. The number of methoxy groups -OCH3 is 1. The smallest absolute Gasteiger partial charge is 0.312 e. The number of hydrogen-bond acceptors (Lipinski definition) is 6. The average molecular weight is 422 g/mol. The Morgan fingerprint density at radius 3 is 2.68 bits per heavy atom. The maximum Gasteiger partial charge on any atom is 0.312 e. The molecule has 150 valence electrons.